The molecule has 2 rings (SSSR count). The Morgan fingerprint density at radius 3 is 3.06 bits per heavy atom. The van der Waals surface area contributed by atoms with E-state index in [-0.39, 0.29) is 18.1 Å². The third kappa shape index (κ3) is 2.08. The summed E-state index contributed by atoms with van der Waals surface area (Å²) >= 11 is 0. The zero-order valence-electron chi connectivity index (χ0n) is 9.09. The second kappa shape index (κ2) is 4.44. The molecule has 1 atom stereocenters. The Hall–Kier alpha value is -2.05. The van der Waals surface area contributed by atoms with E-state index in [0.717, 1.165) is 4.90 Å². The number of hydrogen-bond acceptors (Lipinski definition) is 5. The molecule has 0 N–H and O–H groups in total. The molecule has 7 heteroatoms. The van der Waals surface area contributed by atoms with Crippen LogP contribution < -0.4 is 4.90 Å². The van der Waals surface area contributed by atoms with Crippen molar-refractivity contribution in [2.45, 2.75) is 18.9 Å². The van der Waals surface area contributed by atoms with Gasteiger partial charge in [0.25, 0.3) is 0 Å². The molecule has 90 valence electrons. The Labute approximate surface area is 96.4 Å². The highest BCUT2D eigenvalue weighted by molar-refractivity contribution is 6.01. The van der Waals surface area contributed by atoms with Crippen molar-refractivity contribution in [3.05, 3.63) is 18.3 Å². The van der Waals surface area contributed by atoms with E-state index in [1.54, 1.807) is 0 Å². The van der Waals surface area contributed by atoms with E-state index < -0.39 is 18.1 Å². The quantitative estimate of drug-likeness (QED) is 0.547. The van der Waals surface area contributed by atoms with Crippen molar-refractivity contribution < 1.29 is 18.7 Å². The van der Waals surface area contributed by atoms with Gasteiger partial charge in [0, 0.05) is 12.6 Å². The van der Waals surface area contributed by atoms with Crippen molar-refractivity contribution >= 4 is 17.7 Å². The van der Waals surface area contributed by atoms with Crippen LogP contribution >= 0.6 is 0 Å². The average molecular weight is 239 g/mol. The molecule has 0 aromatic carbocycles. The van der Waals surface area contributed by atoms with E-state index >= 15 is 0 Å². The van der Waals surface area contributed by atoms with Crippen molar-refractivity contribution in [2.75, 3.05) is 12.0 Å². The summed E-state index contributed by atoms with van der Waals surface area (Å²) in [6, 6.07) is 0.643. The van der Waals surface area contributed by atoms with E-state index in [1.165, 1.54) is 19.4 Å². The monoisotopic (exact) mass is 239 g/mol. The highest BCUT2D eigenvalue weighted by atomic mass is 19.1. The van der Waals surface area contributed by atoms with Crippen LogP contribution in [0.15, 0.2) is 12.3 Å². The number of amides is 1. The van der Waals surface area contributed by atoms with E-state index in [9.17, 15) is 14.0 Å². The average Bonchev–Trinajstić information content (AvgIpc) is 2.70. The number of methoxy groups -OCH3 is 1. The first kappa shape index (κ1) is 11.4. The van der Waals surface area contributed by atoms with Crippen LogP contribution in [0.25, 0.3) is 0 Å². The van der Waals surface area contributed by atoms with Gasteiger partial charge in [-0.1, -0.05) is 0 Å². The fourth-order valence-corrected chi connectivity index (χ4v) is 1.79. The number of nitrogens with zero attached hydrogens (tertiary/aromatic N) is 3. The van der Waals surface area contributed by atoms with Crippen LogP contribution in [-0.4, -0.2) is 35.0 Å². The van der Waals surface area contributed by atoms with Crippen LogP contribution in [0.4, 0.5) is 10.2 Å². The molecule has 6 nitrogen and oxygen atoms in total. The Morgan fingerprint density at radius 2 is 2.41 bits per heavy atom. The normalized spacial score (nSPS) is 19.5. The molecule has 1 saturated heterocycles. The first-order valence-corrected chi connectivity index (χ1v) is 5.02. The van der Waals surface area contributed by atoms with Gasteiger partial charge in [-0.2, -0.15) is 9.37 Å². The minimum atomic E-state index is -0.939. The second-order valence-corrected chi connectivity index (χ2v) is 3.53. The number of halogens is 1. The smallest absolute Gasteiger partial charge is 0.329 e. The summed E-state index contributed by atoms with van der Waals surface area (Å²) in [4.78, 5) is 31.1. The lowest BCUT2D eigenvalue weighted by molar-refractivity contribution is -0.142. The summed E-state index contributed by atoms with van der Waals surface area (Å²) in [5, 5.41) is 0. The van der Waals surface area contributed by atoms with E-state index in [0.29, 0.717) is 6.42 Å². The maximum Gasteiger partial charge on any atom is 0.329 e. The van der Waals surface area contributed by atoms with Crippen molar-refractivity contribution in [3.63, 3.8) is 0 Å². The van der Waals surface area contributed by atoms with Crippen LogP contribution in [0.3, 0.4) is 0 Å². The molecule has 0 saturated carbocycles. The van der Waals surface area contributed by atoms with Crippen molar-refractivity contribution in [1.29, 1.82) is 0 Å². The SMILES string of the molecule is COC(=O)C1CCC(=O)N1c1ccnc(F)n1. The van der Waals surface area contributed by atoms with Gasteiger partial charge in [-0.25, -0.2) is 9.78 Å². The van der Waals surface area contributed by atoms with Gasteiger partial charge in [-0.3, -0.25) is 9.69 Å². The Kier molecular flexibility index (Phi) is 2.99. The van der Waals surface area contributed by atoms with Gasteiger partial charge in [0.15, 0.2) is 0 Å². The number of aromatic nitrogens is 2. The summed E-state index contributed by atoms with van der Waals surface area (Å²) in [7, 11) is 1.24. The van der Waals surface area contributed by atoms with Crippen molar-refractivity contribution in [1.82, 2.24) is 9.97 Å². The van der Waals surface area contributed by atoms with Gasteiger partial charge in [-0.15, -0.1) is 0 Å². The van der Waals surface area contributed by atoms with Gasteiger partial charge in [0.2, 0.25) is 5.91 Å². The molecule has 1 unspecified atom stereocenters. The van der Waals surface area contributed by atoms with Gasteiger partial charge in [0.1, 0.15) is 11.9 Å². The first-order valence-electron chi connectivity index (χ1n) is 5.02. The maximum atomic E-state index is 12.9. The second-order valence-electron chi connectivity index (χ2n) is 3.53. The molecule has 2 heterocycles. The highest BCUT2D eigenvalue weighted by Crippen LogP contribution is 2.25. The van der Waals surface area contributed by atoms with Crippen LogP contribution in [-0.2, 0) is 14.3 Å². The zero-order valence-corrected chi connectivity index (χ0v) is 9.09. The third-order valence-corrected chi connectivity index (χ3v) is 2.54. The molecule has 1 amide bonds. The van der Waals surface area contributed by atoms with E-state index in [4.69, 9.17) is 0 Å². The summed E-state index contributed by atoms with van der Waals surface area (Å²) in [5.74, 6) is -0.733. The van der Waals surface area contributed by atoms with Crippen molar-refractivity contribution in [3.8, 4) is 0 Å². The van der Waals surface area contributed by atoms with E-state index in [2.05, 4.69) is 14.7 Å². The molecule has 0 radical (unpaired) electrons. The predicted octanol–water partition coefficient (Wildman–Crippen LogP) is 0.284. The number of esters is 1. The summed E-state index contributed by atoms with van der Waals surface area (Å²) in [6.45, 7) is 0. The van der Waals surface area contributed by atoms with Crippen LogP contribution in [0.2, 0.25) is 0 Å². The minimum Gasteiger partial charge on any atom is -0.467 e. The van der Waals surface area contributed by atoms with Crippen molar-refractivity contribution in [2.24, 2.45) is 0 Å². The number of rotatable bonds is 2. The summed E-state index contributed by atoms with van der Waals surface area (Å²) in [5.41, 5.74) is 0. The van der Waals surface area contributed by atoms with Crippen LogP contribution in [0.1, 0.15) is 12.8 Å². The van der Waals surface area contributed by atoms with E-state index in [1.807, 2.05) is 0 Å². The Balaban J connectivity index is 2.34. The molecule has 0 bridgehead atoms. The molecular formula is C10H10FN3O3. The summed E-state index contributed by atoms with van der Waals surface area (Å²) in [6.07, 6.45) is 0.811. The minimum absolute atomic E-state index is 0.0791. The van der Waals surface area contributed by atoms with Gasteiger partial charge < -0.3 is 4.74 Å². The number of carbonyl (C=O) groups is 2. The molecule has 0 spiro atoms. The molecule has 1 aromatic rings. The lowest BCUT2D eigenvalue weighted by Crippen LogP contribution is -2.40. The first-order chi connectivity index (χ1) is 8.13. The molecule has 17 heavy (non-hydrogen) atoms. The zero-order chi connectivity index (χ0) is 12.4. The molecule has 1 aromatic heterocycles. The van der Waals surface area contributed by atoms with Gasteiger partial charge in [0.05, 0.1) is 7.11 Å². The highest BCUT2D eigenvalue weighted by Gasteiger charge is 2.38. The summed E-state index contributed by atoms with van der Waals surface area (Å²) < 4.78 is 17.5. The van der Waals surface area contributed by atoms with Crippen LogP contribution in [0.5, 0.6) is 0 Å². The lowest BCUT2D eigenvalue weighted by atomic mass is 10.2. The molecule has 1 aliphatic heterocycles. The van der Waals surface area contributed by atoms with Gasteiger partial charge in [-0.05, 0) is 12.5 Å². The molecular weight excluding hydrogens is 229 g/mol. The topological polar surface area (TPSA) is 72.4 Å². The molecule has 1 aliphatic rings. The number of ether oxygens (including phenoxy) is 1. The van der Waals surface area contributed by atoms with Crippen LogP contribution in [0, 0.1) is 6.08 Å². The van der Waals surface area contributed by atoms with Gasteiger partial charge >= 0.3 is 12.0 Å². The number of hydrogen-bond donors (Lipinski definition) is 0. The maximum absolute atomic E-state index is 12.9. The number of anilines is 1. The predicted molar refractivity (Wildman–Crippen MR) is 54.5 cm³/mol. The largest absolute Gasteiger partial charge is 0.467 e. The third-order valence-electron chi connectivity index (χ3n) is 2.54. The molecule has 0 aliphatic carbocycles. The fourth-order valence-electron chi connectivity index (χ4n) is 1.79. The molecule has 1 fully saturated rings. The standard InChI is InChI=1S/C10H10FN3O3/c1-17-9(16)6-2-3-8(15)14(6)7-4-5-12-10(11)13-7/h4-6H,2-3H2,1H3. The Bertz CT molecular complexity index is 466. The number of carbonyl (C=O) groups excluding carboxylic acids is 2. The fraction of sp³-hybridized carbons (Fsp3) is 0.400. The lowest BCUT2D eigenvalue weighted by Gasteiger charge is -2.21. The Morgan fingerprint density at radius 1 is 1.65 bits per heavy atom.